The van der Waals surface area contributed by atoms with Crippen LogP contribution in [-0.2, 0) is 6.61 Å². The molecule has 0 fully saturated rings. The molecule has 0 saturated heterocycles. The van der Waals surface area contributed by atoms with Gasteiger partial charge in [-0.3, -0.25) is 0 Å². The number of nitrogens with zero attached hydrogens (tertiary/aromatic N) is 1. The van der Waals surface area contributed by atoms with Crippen LogP contribution >= 0.6 is 11.6 Å². The van der Waals surface area contributed by atoms with E-state index in [0.29, 0.717) is 16.7 Å². The maximum Gasteiger partial charge on any atom is 0.336 e. The molecule has 0 saturated carbocycles. The number of rotatable bonds is 3. The second-order valence-electron chi connectivity index (χ2n) is 3.67. The molecule has 0 aliphatic carbocycles. The van der Waals surface area contributed by atoms with Gasteiger partial charge in [0.1, 0.15) is 5.15 Å². The van der Waals surface area contributed by atoms with Gasteiger partial charge in [-0.05, 0) is 17.2 Å². The predicted octanol–water partition coefficient (Wildman–Crippen LogP) is 2.59. The van der Waals surface area contributed by atoms with Crippen LogP contribution in [-0.4, -0.2) is 21.2 Å². The summed E-state index contributed by atoms with van der Waals surface area (Å²) in [6.07, 6.45) is 1.40. The van der Waals surface area contributed by atoms with Crippen molar-refractivity contribution in [2.45, 2.75) is 6.61 Å². The van der Waals surface area contributed by atoms with Crippen LogP contribution in [0.3, 0.4) is 0 Å². The van der Waals surface area contributed by atoms with E-state index < -0.39 is 5.97 Å². The molecule has 1 aromatic carbocycles. The molecular formula is C13H10ClNO3. The van der Waals surface area contributed by atoms with E-state index in [9.17, 15) is 9.90 Å². The summed E-state index contributed by atoms with van der Waals surface area (Å²) in [6, 6.07) is 8.32. The quantitative estimate of drug-likeness (QED) is 0.835. The largest absolute Gasteiger partial charge is 0.478 e. The van der Waals surface area contributed by atoms with Gasteiger partial charge in [0.15, 0.2) is 0 Å². The van der Waals surface area contributed by atoms with Gasteiger partial charge in [-0.2, -0.15) is 0 Å². The molecule has 0 atom stereocenters. The number of carboxylic acids is 1. The summed E-state index contributed by atoms with van der Waals surface area (Å²) in [7, 11) is 0. The second-order valence-corrected chi connectivity index (χ2v) is 4.06. The van der Waals surface area contributed by atoms with Gasteiger partial charge in [0.25, 0.3) is 0 Å². The fourth-order valence-corrected chi connectivity index (χ4v) is 1.90. The van der Waals surface area contributed by atoms with Crippen LogP contribution in [0.25, 0.3) is 11.1 Å². The summed E-state index contributed by atoms with van der Waals surface area (Å²) in [4.78, 5) is 15.1. The lowest BCUT2D eigenvalue weighted by Gasteiger charge is -2.10. The Balaban J connectivity index is 2.67. The lowest BCUT2D eigenvalue weighted by atomic mass is 9.97. The monoisotopic (exact) mass is 263 g/mol. The Bertz CT molecular complexity index is 599. The first kappa shape index (κ1) is 12.5. The first-order valence-corrected chi connectivity index (χ1v) is 5.59. The average molecular weight is 264 g/mol. The Labute approximate surface area is 108 Å². The minimum absolute atomic E-state index is 0.0656. The van der Waals surface area contributed by atoms with Gasteiger partial charge < -0.3 is 10.2 Å². The lowest BCUT2D eigenvalue weighted by molar-refractivity contribution is 0.0697. The minimum Gasteiger partial charge on any atom is -0.478 e. The van der Waals surface area contributed by atoms with Gasteiger partial charge in [-0.1, -0.05) is 35.9 Å². The zero-order valence-corrected chi connectivity index (χ0v) is 10.1. The summed E-state index contributed by atoms with van der Waals surface area (Å²) in [5.41, 5.74) is 1.79. The molecule has 92 valence electrons. The number of carbonyl (C=O) groups is 1. The van der Waals surface area contributed by atoms with Crippen molar-refractivity contribution in [3.05, 3.63) is 52.8 Å². The minimum atomic E-state index is -1.08. The van der Waals surface area contributed by atoms with Crippen LogP contribution in [0.2, 0.25) is 5.15 Å². The highest BCUT2D eigenvalue weighted by atomic mass is 35.5. The van der Waals surface area contributed by atoms with Gasteiger partial charge in [0.2, 0.25) is 0 Å². The Morgan fingerprint density at radius 3 is 2.67 bits per heavy atom. The van der Waals surface area contributed by atoms with Crippen molar-refractivity contribution in [2.24, 2.45) is 0 Å². The molecule has 0 radical (unpaired) electrons. The van der Waals surface area contributed by atoms with Crippen LogP contribution < -0.4 is 0 Å². The standard InChI is InChI=1S/C13H10ClNO3/c14-12-5-10(13(17)18)11(6-15-12)9-4-2-1-3-8(9)7-16/h1-6,16H,7H2,(H,17,18). The van der Waals surface area contributed by atoms with Crippen molar-refractivity contribution >= 4 is 17.6 Å². The molecule has 2 N–H and O–H groups in total. The molecule has 1 heterocycles. The zero-order valence-electron chi connectivity index (χ0n) is 9.30. The van der Waals surface area contributed by atoms with Crippen LogP contribution in [0.5, 0.6) is 0 Å². The Kier molecular flexibility index (Phi) is 3.60. The third-order valence-corrected chi connectivity index (χ3v) is 2.79. The number of hydrogen-bond acceptors (Lipinski definition) is 3. The number of halogens is 1. The number of benzene rings is 1. The molecule has 5 heteroatoms. The van der Waals surface area contributed by atoms with E-state index in [2.05, 4.69) is 4.98 Å². The molecule has 0 bridgehead atoms. The topological polar surface area (TPSA) is 70.4 Å². The van der Waals surface area contributed by atoms with E-state index in [1.807, 2.05) is 0 Å². The number of hydrogen-bond donors (Lipinski definition) is 2. The molecule has 0 spiro atoms. The molecule has 0 aliphatic heterocycles. The van der Waals surface area contributed by atoms with Crippen molar-refractivity contribution < 1.29 is 15.0 Å². The van der Waals surface area contributed by atoms with Crippen molar-refractivity contribution in [3.8, 4) is 11.1 Å². The maximum absolute atomic E-state index is 11.2. The van der Waals surface area contributed by atoms with E-state index in [1.165, 1.54) is 12.3 Å². The van der Waals surface area contributed by atoms with Crippen molar-refractivity contribution in [2.75, 3.05) is 0 Å². The number of aromatic nitrogens is 1. The van der Waals surface area contributed by atoms with Crippen LogP contribution in [0.4, 0.5) is 0 Å². The Morgan fingerprint density at radius 1 is 1.28 bits per heavy atom. The fourth-order valence-electron chi connectivity index (χ4n) is 1.74. The lowest BCUT2D eigenvalue weighted by Crippen LogP contribution is -2.02. The molecule has 0 amide bonds. The summed E-state index contributed by atoms with van der Waals surface area (Å²) in [5, 5.41) is 18.6. The number of pyridine rings is 1. The highest BCUT2D eigenvalue weighted by Gasteiger charge is 2.15. The van der Waals surface area contributed by atoms with Crippen LogP contribution in [0, 0.1) is 0 Å². The van der Waals surface area contributed by atoms with Crippen LogP contribution in [0.1, 0.15) is 15.9 Å². The number of carboxylic acid groups (broad SMARTS) is 1. The average Bonchev–Trinajstić information content (AvgIpc) is 2.38. The third kappa shape index (κ3) is 2.34. The van der Waals surface area contributed by atoms with Gasteiger partial charge in [-0.25, -0.2) is 9.78 Å². The van der Waals surface area contributed by atoms with E-state index in [4.69, 9.17) is 16.7 Å². The summed E-state index contributed by atoms with van der Waals surface area (Å²) in [5.74, 6) is -1.08. The molecule has 0 unspecified atom stereocenters. The van der Waals surface area contributed by atoms with Crippen LogP contribution in [0.15, 0.2) is 36.5 Å². The van der Waals surface area contributed by atoms with Crippen molar-refractivity contribution in [1.82, 2.24) is 4.98 Å². The SMILES string of the molecule is O=C(O)c1cc(Cl)ncc1-c1ccccc1CO. The van der Waals surface area contributed by atoms with Gasteiger partial charge in [0, 0.05) is 11.8 Å². The van der Waals surface area contributed by atoms with E-state index in [0.717, 1.165) is 0 Å². The summed E-state index contributed by atoms with van der Waals surface area (Å²) < 4.78 is 0. The fraction of sp³-hybridized carbons (Fsp3) is 0.0769. The number of aliphatic hydroxyl groups excluding tert-OH is 1. The number of aromatic carboxylic acids is 1. The van der Waals surface area contributed by atoms with Gasteiger partial charge in [-0.15, -0.1) is 0 Å². The second kappa shape index (κ2) is 5.16. The van der Waals surface area contributed by atoms with Crippen molar-refractivity contribution in [1.29, 1.82) is 0 Å². The zero-order chi connectivity index (χ0) is 13.1. The smallest absolute Gasteiger partial charge is 0.336 e. The van der Waals surface area contributed by atoms with E-state index in [1.54, 1.807) is 24.3 Å². The van der Waals surface area contributed by atoms with E-state index >= 15 is 0 Å². The summed E-state index contributed by atoms with van der Waals surface area (Å²) >= 11 is 5.70. The summed E-state index contributed by atoms with van der Waals surface area (Å²) in [6.45, 7) is -0.169. The molecular weight excluding hydrogens is 254 g/mol. The Morgan fingerprint density at radius 2 is 2.00 bits per heavy atom. The predicted molar refractivity (Wildman–Crippen MR) is 67.6 cm³/mol. The molecule has 4 nitrogen and oxygen atoms in total. The van der Waals surface area contributed by atoms with Gasteiger partial charge in [0.05, 0.1) is 12.2 Å². The first-order chi connectivity index (χ1) is 8.63. The molecule has 18 heavy (non-hydrogen) atoms. The van der Waals surface area contributed by atoms with E-state index in [-0.39, 0.29) is 17.3 Å². The normalized spacial score (nSPS) is 10.3. The first-order valence-electron chi connectivity index (χ1n) is 5.21. The van der Waals surface area contributed by atoms with Gasteiger partial charge >= 0.3 is 5.97 Å². The maximum atomic E-state index is 11.2. The highest BCUT2D eigenvalue weighted by Crippen LogP contribution is 2.28. The molecule has 0 aliphatic rings. The molecule has 2 aromatic rings. The Hall–Kier alpha value is -1.91. The molecule has 1 aromatic heterocycles. The number of aliphatic hydroxyl groups is 1. The molecule has 2 rings (SSSR count). The third-order valence-electron chi connectivity index (χ3n) is 2.58. The van der Waals surface area contributed by atoms with Crippen molar-refractivity contribution in [3.63, 3.8) is 0 Å². The highest BCUT2D eigenvalue weighted by molar-refractivity contribution is 6.29.